The highest BCUT2D eigenvalue weighted by atomic mass is 16.3. The van der Waals surface area contributed by atoms with Crippen LogP contribution in [0.1, 0.15) is 12.1 Å². The number of amides is 2. The minimum absolute atomic E-state index is 0.0998. The average molecular weight is 314 g/mol. The van der Waals surface area contributed by atoms with Crippen LogP contribution in [0.3, 0.4) is 0 Å². The van der Waals surface area contributed by atoms with Gasteiger partial charge in [-0.05, 0) is 12.1 Å². The average Bonchev–Trinajstić information content (AvgIpc) is 3.16. The number of anilines is 1. The van der Waals surface area contributed by atoms with E-state index in [1.54, 1.807) is 35.6 Å². The van der Waals surface area contributed by atoms with Crippen molar-refractivity contribution in [3.8, 4) is 5.75 Å². The maximum absolute atomic E-state index is 12.2. The highest BCUT2D eigenvalue weighted by Gasteiger charge is 2.35. The van der Waals surface area contributed by atoms with Gasteiger partial charge >= 0.3 is 0 Å². The number of nitrogens with one attached hydrogen (secondary N) is 2. The monoisotopic (exact) mass is 314 g/mol. The fourth-order valence-corrected chi connectivity index (χ4v) is 2.68. The van der Waals surface area contributed by atoms with Gasteiger partial charge in [-0.1, -0.05) is 6.07 Å². The standard InChI is InChI=1S/C16H18N4O3/c21-14-3-1-2-13(7-14)20-9-11(6-15(20)22)16(23)18-5-4-12-8-17-10-19-12/h1-3,7-8,10-11,21H,4-6,9H2,(H,17,19)(H,18,23). The second-order valence-electron chi connectivity index (χ2n) is 5.54. The molecule has 1 atom stereocenters. The molecule has 1 saturated heterocycles. The van der Waals surface area contributed by atoms with Gasteiger partial charge in [-0.25, -0.2) is 4.98 Å². The van der Waals surface area contributed by atoms with Crippen molar-refractivity contribution < 1.29 is 14.7 Å². The quantitative estimate of drug-likeness (QED) is 0.761. The minimum Gasteiger partial charge on any atom is -0.508 e. The highest BCUT2D eigenvalue weighted by molar-refractivity contribution is 6.00. The number of hydrogen-bond donors (Lipinski definition) is 3. The number of aromatic hydroxyl groups is 1. The van der Waals surface area contributed by atoms with Gasteiger partial charge in [0.05, 0.1) is 12.2 Å². The second kappa shape index (κ2) is 6.51. The molecule has 0 bridgehead atoms. The first-order chi connectivity index (χ1) is 11.1. The Labute approximate surface area is 133 Å². The van der Waals surface area contributed by atoms with Crippen LogP contribution in [0.15, 0.2) is 36.8 Å². The minimum atomic E-state index is -0.369. The predicted octanol–water partition coefficient (Wildman–Crippen LogP) is 0.827. The second-order valence-corrected chi connectivity index (χ2v) is 5.54. The van der Waals surface area contributed by atoms with Gasteiger partial charge < -0.3 is 20.3 Å². The molecule has 1 unspecified atom stereocenters. The van der Waals surface area contributed by atoms with Crippen LogP contribution in [0, 0.1) is 5.92 Å². The lowest BCUT2D eigenvalue weighted by Gasteiger charge is -2.16. The molecule has 0 radical (unpaired) electrons. The molecule has 3 N–H and O–H groups in total. The zero-order valence-corrected chi connectivity index (χ0v) is 12.5. The SMILES string of the molecule is O=C(NCCc1cnc[nH]1)C1CC(=O)N(c2cccc(O)c2)C1. The normalized spacial score (nSPS) is 17.5. The third-order valence-corrected chi connectivity index (χ3v) is 3.89. The van der Waals surface area contributed by atoms with Gasteiger partial charge in [0.15, 0.2) is 0 Å². The van der Waals surface area contributed by atoms with Crippen molar-refractivity contribution >= 4 is 17.5 Å². The van der Waals surface area contributed by atoms with Crippen molar-refractivity contribution in [3.63, 3.8) is 0 Å². The van der Waals surface area contributed by atoms with E-state index in [9.17, 15) is 14.7 Å². The van der Waals surface area contributed by atoms with Crippen LogP contribution in [-0.2, 0) is 16.0 Å². The predicted molar refractivity (Wildman–Crippen MR) is 83.9 cm³/mol. The summed E-state index contributed by atoms with van der Waals surface area (Å²) in [6, 6.07) is 6.49. The summed E-state index contributed by atoms with van der Waals surface area (Å²) in [7, 11) is 0. The number of nitrogens with zero attached hydrogens (tertiary/aromatic N) is 2. The first kappa shape index (κ1) is 15.1. The van der Waals surface area contributed by atoms with Crippen molar-refractivity contribution in [2.24, 2.45) is 5.92 Å². The molecule has 0 saturated carbocycles. The molecule has 120 valence electrons. The summed E-state index contributed by atoms with van der Waals surface area (Å²) < 4.78 is 0. The third kappa shape index (κ3) is 3.50. The molecule has 2 amide bonds. The lowest BCUT2D eigenvalue weighted by molar-refractivity contribution is -0.126. The van der Waals surface area contributed by atoms with Gasteiger partial charge in [0.1, 0.15) is 5.75 Å². The summed E-state index contributed by atoms with van der Waals surface area (Å²) in [5.74, 6) is -0.501. The van der Waals surface area contributed by atoms with Crippen LogP contribution in [0.5, 0.6) is 5.75 Å². The zero-order chi connectivity index (χ0) is 16.2. The van der Waals surface area contributed by atoms with Crippen LogP contribution in [-0.4, -0.2) is 40.0 Å². The number of hydrogen-bond acceptors (Lipinski definition) is 4. The molecule has 2 aromatic rings. The van der Waals surface area contributed by atoms with Gasteiger partial charge in [-0.15, -0.1) is 0 Å². The molecule has 1 fully saturated rings. The van der Waals surface area contributed by atoms with Crippen LogP contribution in [0.25, 0.3) is 0 Å². The first-order valence-corrected chi connectivity index (χ1v) is 7.48. The Bertz CT molecular complexity index is 699. The fourth-order valence-electron chi connectivity index (χ4n) is 2.68. The molecule has 7 heteroatoms. The van der Waals surface area contributed by atoms with E-state index in [2.05, 4.69) is 15.3 Å². The van der Waals surface area contributed by atoms with E-state index in [1.165, 1.54) is 6.07 Å². The molecule has 23 heavy (non-hydrogen) atoms. The van der Waals surface area contributed by atoms with Gasteiger partial charge in [0, 0.05) is 49.6 Å². The van der Waals surface area contributed by atoms with Crippen LogP contribution >= 0.6 is 0 Å². The Morgan fingerprint density at radius 1 is 1.48 bits per heavy atom. The Hall–Kier alpha value is -2.83. The molecular weight excluding hydrogens is 296 g/mol. The molecule has 3 rings (SSSR count). The number of aromatic nitrogens is 2. The number of phenolic OH excluding ortho intramolecular Hbond substituents is 1. The van der Waals surface area contributed by atoms with E-state index in [1.807, 2.05) is 0 Å². The lowest BCUT2D eigenvalue weighted by atomic mass is 10.1. The number of benzene rings is 1. The zero-order valence-electron chi connectivity index (χ0n) is 12.5. The Morgan fingerprint density at radius 2 is 2.35 bits per heavy atom. The molecule has 0 aliphatic carbocycles. The number of imidazole rings is 1. The number of carbonyl (C=O) groups is 2. The van der Waals surface area contributed by atoms with Gasteiger partial charge in [0.25, 0.3) is 0 Å². The van der Waals surface area contributed by atoms with E-state index in [0.29, 0.717) is 25.2 Å². The number of aromatic amines is 1. The van der Waals surface area contributed by atoms with Crippen molar-refractivity contribution in [3.05, 3.63) is 42.5 Å². The molecule has 2 heterocycles. The van der Waals surface area contributed by atoms with Crippen molar-refractivity contribution in [1.29, 1.82) is 0 Å². The van der Waals surface area contributed by atoms with Crippen molar-refractivity contribution in [1.82, 2.24) is 15.3 Å². The summed E-state index contributed by atoms with van der Waals surface area (Å²) in [6.45, 7) is 0.829. The molecular formula is C16H18N4O3. The van der Waals surface area contributed by atoms with Gasteiger partial charge in [-0.2, -0.15) is 0 Å². The summed E-state index contributed by atoms with van der Waals surface area (Å²) in [5.41, 5.74) is 1.57. The topological polar surface area (TPSA) is 98.3 Å². The summed E-state index contributed by atoms with van der Waals surface area (Å²) in [5, 5.41) is 12.4. The maximum Gasteiger partial charge on any atom is 0.227 e. The van der Waals surface area contributed by atoms with Gasteiger partial charge in [0.2, 0.25) is 11.8 Å². The van der Waals surface area contributed by atoms with E-state index >= 15 is 0 Å². The van der Waals surface area contributed by atoms with Crippen molar-refractivity contribution in [2.75, 3.05) is 18.0 Å². The van der Waals surface area contributed by atoms with E-state index in [-0.39, 0.29) is 29.9 Å². The van der Waals surface area contributed by atoms with Crippen molar-refractivity contribution in [2.45, 2.75) is 12.8 Å². The summed E-state index contributed by atoms with van der Waals surface area (Å²) in [4.78, 5) is 32.7. The van der Waals surface area contributed by atoms with E-state index in [4.69, 9.17) is 0 Å². The largest absolute Gasteiger partial charge is 0.508 e. The fraction of sp³-hybridized carbons (Fsp3) is 0.312. The Morgan fingerprint density at radius 3 is 3.09 bits per heavy atom. The Kier molecular flexibility index (Phi) is 4.27. The molecule has 0 spiro atoms. The van der Waals surface area contributed by atoms with Crippen LogP contribution < -0.4 is 10.2 Å². The summed E-state index contributed by atoms with van der Waals surface area (Å²) >= 11 is 0. The smallest absolute Gasteiger partial charge is 0.227 e. The van der Waals surface area contributed by atoms with Crippen LogP contribution in [0.2, 0.25) is 0 Å². The number of phenols is 1. The molecule has 1 aromatic carbocycles. The first-order valence-electron chi connectivity index (χ1n) is 7.48. The van der Waals surface area contributed by atoms with Gasteiger partial charge in [-0.3, -0.25) is 9.59 Å². The molecule has 1 aromatic heterocycles. The molecule has 1 aliphatic heterocycles. The third-order valence-electron chi connectivity index (χ3n) is 3.89. The number of carbonyl (C=O) groups excluding carboxylic acids is 2. The summed E-state index contributed by atoms with van der Waals surface area (Å²) in [6.07, 6.45) is 4.17. The lowest BCUT2D eigenvalue weighted by Crippen LogP contribution is -2.34. The van der Waals surface area contributed by atoms with Crippen LogP contribution in [0.4, 0.5) is 5.69 Å². The number of rotatable bonds is 5. The molecule has 1 aliphatic rings. The Balaban J connectivity index is 1.55. The van der Waals surface area contributed by atoms with E-state index in [0.717, 1.165) is 5.69 Å². The van der Waals surface area contributed by atoms with E-state index < -0.39 is 0 Å². The highest BCUT2D eigenvalue weighted by Crippen LogP contribution is 2.27. The number of H-pyrrole nitrogens is 1. The molecule has 7 nitrogen and oxygen atoms in total. The maximum atomic E-state index is 12.2.